The molecule has 0 radical (unpaired) electrons. The number of aryl methyl sites for hydroxylation is 4. The predicted octanol–water partition coefficient (Wildman–Crippen LogP) is 33.9. The molecule has 0 bridgehead atoms. The fourth-order valence-electron chi connectivity index (χ4n) is 20.4. The van der Waals surface area contributed by atoms with Crippen LogP contribution >= 0.6 is 0 Å². The first-order valence-electron chi connectivity index (χ1n) is 48.2. The van der Waals surface area contributed by atoms with Crippen LogP contribution in [0.25, 0.3) is 257 Å². The van der Waals surface area contributed by atoms with Gasteiger partial charge in [0.2, 0.25) is 17.1 Å². The van der Waals surface area contributed by atoms with E-state index in [1.165, 1.54) is 54.8 Å². The third-order valence-corrected chi connectivity index (χ3v) is 27.5. The SMILES string of the molecule is Cc1ccc(-c2cc(-c3ccc(-c4c5ccccc5n5c4oc4ccccc45)cc3)nc(-c3ccc(C)cc3)n2)cc1.Cc1ccc(-c2cc(-c3ccc(-c4ccc(-c5c6ccccc6n6c5oc5ccccc56)cc4)cc3)nc(-c3ccc(C)cc3)n2)cc1.c1ccc(-c2nc(-c3cccc(-c4c5ccccc5n5c4oc4ccccc45)c3)cc(-c3cccc(-n4c5ccccc5c5ccccc54)c3)n2)cc1. The number of oxazole rings is 3. The van der Waals surface area contributed by atoms with Gasteiger partial charge in [0, 0.05) is 82.7 Å². The zero-order valence-corrected chi connectivity index (χ0v) is 78.6. The summed E-state index contributed by atoms with van der Waals surface area (Å²) in [6, 6.07) is 161. The zero-order chi connectivity index (χ0) is 95.3. The molecular formula is C130H88N10O3. The van der Waals surface area contributed by atoms with Crippen molar-refractivity contribution in [2.24, 2.45) is 0 Å². The second kappa shape index (κ2) is 35.2. The van der Waals surface area contributed by atoms with Crippen molar-refractivity contribution in [1.82, 2.24) is 47.7 Å². The highest BCUT2D eigenvalue weighted by atomic mass is 16.4. The van der Waals surface area contributed by atoms with Gasteiger partial charge in [-0.1, -0.05) is 380 Å². The topological polar surface area (TPSA) is 135 Å². The van der Waals surface area contributed by atoms with Crippen molar-refractivity contribution in [2.75, 3.05) is 0 Å². The number of fused-ring (bicyclic) bond motifs is 18. The second-order valence-corrected chi connectivity index (χ2v) is 36.8. The molecule has 0 aliphatic heterocycles. The largest absolute Gasteiger partial charge is 0.438 e. The fraction of sp³-hybridized carbons (Fsp3) is 0.0308. The van der Waals surface area contributed by atoms with Gasteiger partial charge in [0.15, 0.2) is 34.2 Å². The lowest BCUT2D eigenvalue weighted by Gasteiger charge is -2.12. The smallest absolute Gasteiger partial charge is 0.213 e. The Morgan fingerprint density at radius 1 is 0.168 bits per heavy atom. The van der Waals surface area contributed by atoms with Crippen molar-refractivity contribution < 1.29 is 13.3 Å². The van der Waals surface area contributed by atoms with Gasteiger partial charge in [0.25, 0.3) is 0 Å². The van der Waals surface area contributed by atoms with Gasteiger partial charge in [-0.25, -0.2) is 29.9 Å². The molecule has 0 atom stereocenters. The van der Waals surface area contributed by atoms with Crippen molar-refractivity contribution >= 4 is 105 Å². The van der Waals surface area contributed by atoms with Gasteiger partial charge in [-0.15, -0.1) is 0 Å². The zero-order valence-electron chi connectivity index (χ0n) is 78.6. The average molecular weight is 1840 g/mol. The highest BCUT2D eigenvalue weighted by molar-refractivity contribution is 6.12. The molecule has 0 aliphatic rings. The number of benzene rings is 18. The lowest BCUT2D eigenvalue weighted by molar-refractivity contribution is 0.658. The number of rotatable bonds is 14. The number of hydrogen-bond acceptors (Lipinski definition) is 9. The van der Waals surface area contributed by atoms with Gasteiger partial charge in [0.05, 0.1) is 95.0 Å². The van der Waals surface area contributed by atoms with Crippen LogP contribution in [0.1, 0.15) is 22.3 Å². The molecule has 0 amide bonds. The van der Waals surface area contributed by atoms with Gasteiger partial charge in [-0.2, -0.15) is 0 Å². The maximum Gasteiger partial charge on any atom is 0.213 e. The average Bonchev–Trinajstić information content (AvgIpc) is 1.87. The minimum absolute atomic E-state index is 0.680. The van der Waals surface area contributed by atoms with E-state index in [-0.39, 0.29) is 0 Å². The first-order chi connectivity index (χ1) is 70.5. The van der Waals surface area contributed by atoms with Crippen LogP contribution in [0.3, 0.4) is 0 Å². The van der Waals surface area contributed by atoms with E-state index in [4.69, 9.17) is 43.2 Å². The Hall–Kier alpha value is -19.0. The quantitative estimate of drug-likeness (QED) is 0.104. The summed E-state index contributed by atoms with van der Waals surface area (Å²) in [5.41, 5.74) is 43.5. The van der Waals surface area contributed by atoms with Crippen LogP contribution in [0.4, 0.5) is 0 Å². The second-order valence-electron chi connectivity index (χ2n) is 36.8. The molecule has 10 aromatic heterocycles. The number of aromatic nitrogens is 10. The Balaban J connectivity index is 0.000000110. The van der Waals surface area contributed by atoms with E-state index in [2.05, 4.69) is 452 Å². The molecule has 0 spiro atoms. The third kappa shape index (κ3) is 15.3. The van der Waals surface area contributed by atoms with E-state index in [9.17, 15) is 0 Å². The monoisotopic (exact) mass is 1840 g/mol. The Morgan fingerprint density at radius 2 is 0.413 bits per heavy atom. The van der Waals surface area contributed by atoms with Crippen LogP contribution in [0, 0.1) is 27.7 Å². The van der Waals surface area contributed by atoms with E-state index in [0.29, 0.717) is 5.82 Å². The molecule has 0 aliphatic carbocycles. The Labute approximate surface area is 823 Å². The molecule has 0 unspecified atom stereocenters. The summed E-state index contributed by atoms with van der Waals surface area (Å²) in [5, 5.41) is 5.96. The highest BCUT2D eigenvalue weighted by Gasteiger charge is 2.26. The van der Waals surface area contributed by atoms with Crippen molar-refractivity contribution in [1.29, 1.82) is 0 Å². The molecule has 28 aromatic rings. The van der Waals surface area contributed by atoms with E-state index in [0.717, 1.165) is 218 Å². The summed E-state index contributed by atoms with van der Waals surface area (Å²) in [7, 11) is 0. The lowest BCUT2D eigenvalue weighted by Crippen LogP contribution is -1.98. The van der Waals surface area contributed by atoms with E-state index < -0.39 is 0 Å². The molecule has 0 saturated carbocycles. The van der Waals surface area contributed by atoms with Gasteiger partial charge >= 0.3 is 0 Å². The number of para-hydroxylation sites is 11. The third-order valence-electron chi connectivity index (χ3n) is 27.5. The summed E-state index contributed by atoms with van der Waals surface area (Å²) in [6.07, 6.45) is 0. The maximum absolute atomic E-state index is 6.55. The molecule has 676 valence electrons. The van der Waals surface area contributed by atoms with Crippen LogP contribution in [-0.4, -0.2) is 47.7 Å². The molecule has 13 nitrogen and oxygen atoms in total. The molecule has 18 aromatic carbocycles. The Bertz CT molecular complexity index is 9610. The molecule has 143 heavy (non-hydrogen) atoms. The normalized spacial score (nSPS) is 11.6. The molecule has 10 heterocycles. The minimum atomic E-state index is 0.680. The lowest BCUT2D eigenvalue weighted by atomic mass is 9.98. The van der Waals surface area contributed by atoms with Crippen LogP contribution < -0.4 is 0 Å². The van der Waals surface area contributed by atoms with Crippen molar-refractivity contribution in [2.45, 2.75) is 27.7 Å². The summed E-state index contributed by atoms with van der Waals surface area (Å²) in [6.45, 7) is 8.39. The Kier molecular flexibility index (Phi) is 20.8. The molecule has 0 N–H and O–H groups in total. The van der Waals surface area contributed by atoms with E-state index in [1.807, 2.05) is 54.6 Å². The van der Waals surface area contributed by atoms with Crippen LogP contribution in [0.5, 0.6) is 0 Å². The van der Waals surface area contributed by atoms with Gasteiger partial charge in [-0.3, -0.25) is 13.2 Å². The molecule has 0 saturated heterocycles. The maximum atomic E-state index is 6.55. The van der Waals surface area contributed by atoms with Crippen molar-refractivity contribution in [3.8, 4) is 152 Å². The number of hydrogen-bond donors (Lipinski definition) is 0. The standard InChI is InChI=1S/C48H30N4O.C44H31N3O.C38H27N3O/c1-2-14-31(15-3-1)47-49-39(30-40(50-47)33-17-13-19-35(29-33)51-41-23-7-4-20-36(41)37-21-5-8-24-42(37)51)32-16-12-18-34(28-32)46-38-22-6-9-25-43(38)52-44-26-10-11-27-45(44)53-48(46)52;1-28-11-15-32(16-12-28)37-27-38(46-43(45-37)35-17-13-29(2)14-18-35)33-23-19-30(20-24-33)31-21-25-34(26-22-31)42-36-7-3-4-8-39(36)47-40-9-5-6-10-41(40)48-44(42)47;1-24-11-15-26(16-12-24)31-23-32(40-37(39-31)29-17-13-25(2)14-18-29)27-19-21-28(22-20-27)36-30-7-3-4-8-33(30)41-34-9-5-6-10-35(34)42-38(36)41/h1-30H;3-27H,1-2H3;3-23H,1-2H3. The summed E-state index contributed by atoms with van der Waals surface area (Å²) in [5.74, 6) is 2.12. The van der Waals surface area contributed by atoms with E-state index in [1.54, 1.807) is 0 Å². The van der Waals surface area contributed by atoms with E-state index >= 15 is 0 Å². The molecule has 28 rings (SSSR count). The number of nitrogens with zero attached hydrogens (tertiary/aromatic N) is 10. The summed E-state index contributed by atoms with van der Waals surface area (Å²) in [4.78, 5) is 30.4. The van der Waals surface area contributed by atoms with Crippen LogP contribution in [-0.2, 0) is 0 Å². The van der Waals surface area contributed by atoms with Crippen LogP contribution in [0.2, 0.25) is 0 Å². The fourth-order valence-corrected chi connectivity index (χ4v) is 20.4. The summed E-state index contributed by atoms with van der Waals surface area (Å²) < 4.78 is 28.4. The molecule has 13 heteroatoms. The Morgan fingerprint density at radius 3 is 0.776 bits per heavy atom. The molecular weight excluding hydrogens is 1750 g/mol. The van der Waals surface area contributed by atoms with Gasteiger partial charge in [-0.05, 0) is 159 Å². The van der Waals surface area contributed by atoms with Crippen LogP contribution in [0.15, 0.2) is 474 Å². The molecule has 0 fully saturated rings. The van der Waals surface area contributed by atoms with Crippen molar-refractivity contribution in [3.05, 3.63) is 483 Å². The van der Waals surface area contributed by atoms with Crippen molar-refractivity contribution in [3.63, 3.8) is 0 Å². The first kappa shape index (κ1) is 84.5. The summed E-state index contributed by atoms with van der Waals surface area (Å²) >= 11 is 0. The first-order valence-corrected chi connectivity index (χ1v) is 48.2. The van der Waals surface area contributed by atoms with Gasteiger partial charge in [0.1, 0.15) is 0 Å². The predicted molar refractivity (Wildman–Crippen MR) is 585 cm³/mol. The minimum Gasteiger partial charge on any atom is -0.438 e. The highest BCUT2D eigenvalue weighted by Crippen LogP contribution is 2.46. The van der Waals surface area contributed by atoms with Gasteiger partial charge < -0.3 is 17.8 Å².